The Bertz CT molecular complexity index is 919. The molecule has 21 heavy (non-hydrogen) atoms. The van der Waals surface area contributed by atoms with Gasteiger partial charge in [-0.2, -0.15) is 0 Å². The molecule has 0 fully saturated rings. The van der Waals surface area contributed by atoms with Crippen LogP contribution in [0.15, 0.2) is 30.3 Å². The average molecular weight is 294 g/mol. The average Bonchev–Trinajstić information content (AvgIpc) is 2.45. The van der Waals surface area contributed by atoms with Crippen molar-refractivity contribution in [1.82, 2.24) is 0 Å². The van der Waals surface area contributed by atoms with Gasteiger partial charge in [-0.05, 0) is 11.5 Å². The number of carboxylic acid groups (broad SMARTS) is 1. The van der Waals surface area contributed by atoms with E-state index in [0.29, 0.717) is 0 Å². The quantitative estimate of drug-likeness (QED) is 0.414. The normalized spacial score (nSPS) is 11.2. The van der Waals surface area contributed by atoms with Crippen LogP contribution in [0.4, 0.5) is 17.6 Å². The molecule has 2 nitrogen and oxygen atoms in total. The maximum absolute atomic E-state index is 14.4. The third kappa shape index (κ3) is 1.75. The fourth-order valence-electron chi connectivity index (χ4n) is 2.36. The molecule has 0 saturated carbocycles. The van der Waals surface area contributed by atoms with Gasteiger partial charge in [0, 0.05) is 10.8 Å². The minimum Gasteiger partial charge on any atom is -0.478 e. The number of hydrogen-bond acceptors (Lipinski definition) is 1. The van der Waals surface area contributed by atoms with Gasteiger partial charge in [0.15, 0.2) is 17.5 Å². The van der Waals surface area contributed by atoms with Crippen LogP contribution in [0.3, 0.4) is 0 Å². The Hall–Kier alpha value is -2.63. The summed E-state index contributed by atoms with van der Waals surface area (Å²) in [6.45, 7) is 0. The molecule has 6 heteroatoms. The molecule has 3 aromatic carbocycles. The maximum Gasteiger partial charge on any atom is 0.339 e. The molecule has 0 radical (unpaired) electrons. The van der Waals surface area contributed by atoms with Gasteiger partial charge in [-0.25, -0.2) is 22.4 Å². The lowest BCUT2D eigenvalue weighted by Crippen LogP contribution is -2.08. The van der Waals surface area contributed by atoms with Crippen molar-refractivity contribution in [3.05, 3.63) is 59.2 Å². The van der Waals surface area contributed by atoms with Crippen LogP contribution in [-0.4, -0.2) is 11.1 Å². The Kier molecular flexibility index (Phi) is 2.83. The van der Waals surface area contributed by atoms with E-state index in [0.717, 1.165) is 6.07 Å². The van der Waals surface area contributed by atoms with E-state index in [1.807, 2.05) is 0 Å². The highest BCUT2D eigenvalue weighted by atomic mass is 19.2. The molecular formula is C15H6F4O2. The van der Waals surface area contributed by atoms with Crippen molar-refractivity contribution >= 4 is 27.5 Å². The third-order valence-corrected chi connectivity index (χ3v) is 3.29. The molecule has 3 aromatic rings. The fraction of sp³-hybridized carbons (Fsp3) is 0. The summed E-state index contributed by atoms with van der Waals surface area (Å²) in [5.74, 6) is -8.51. The number of carboxylic acids is 1. The summed E-state index contributed by atoms with van der Waals surface area (Å²) in [6, 6.07) is 6.98. The number of carbonyl (C=O) groups is 1. The fourth-order valence-corrected chi connectivity index (χ4v) is 2.36. The first-order valence-corrected chi connectivity index (χ1v) is 5.84. The molecule has 3 rings (SSSR count). The van der Waals surface area contributed by atoms with Crippen molar-refractivity contribution in [2.24, 2.45) is 0 Å². The van der Waals surface area contributed by atoms with E-state index < -0.39 is 45.6 Å². The van der Waals surface area contributed by atoms with Crippen LogP contribution in [0, 0.1) is 23.3 Å². The molecule has 0 atom stereocenters. The van der Waals surface area contributed by atoms with Gasteiger partial charge in [0.1, 0.15) is 11.4 Å². The lowest BCUT2D eigenvalue weighted by atomic mass is 9.97. The highest BCUT2D eigenvalue weighted by molar-refractivity contribution is 6.09. The zero-order valence-corrected chi connectivity index (χ0v) is 10.3. The summed E-state index contributed by atoms with van der Waals surface area (Å²) in [6.07, 6.45) is 0. The molecule has 0 aliphatic carbocycles. The topological polar surface area (TPSA) is 37.3 Å². The van der Waals surface area contributed by atoms with Gasteiger partial charge >= 0.3 is 5.97 Å². The van der Waals surface area contributed by atoms with Crippen LogP contribution in [0.2, 0.25) is 0 Å². The zero-order valence-electron chi connectivity index (χ0n) is 10.3. The zero-order chi connectivity index (χ0) is 15.3. The monoisotopic (exact) mass is 294 g/mol. The molecule has 0 unspecified atom stereocenters. The minimum absolute atomic E-state index is 0.00810. The van der Waals surface area contributed by atoms with E-state index in [9.17, 15) is 22.4 Å². The molecule has 106 valence electrons. The van der Waals surface area contributed by atoms with Crippen molar-refractivity contribution in [1.29, 1.82) is 0 Å². The van der Waals surface area contributed by atoms with Crippen molar-refractivity contribution < 1.29 is 27.5 Å². The Labute approximate surface area is 115 Å². The molecule has 0 aliphatic rings. The van der Waals surface area contributed by atoms with Gasteiger partial charge in [0.05, 0.1) is 5.39 Å². The molecule has 0 aliphatic heterocycles. The predicted molar refractivity (Wildman–Crippen MR) is 68.2 cm³/mol. The molecule has 0 amide bonds. The molecule has 0 bridgehead atoms. The van der Waals surface area contributed by atoms with E-state index in [1.54, 1.807) is 6.07 Å². The highest BCUT2D eigenvalue weighted by Crippen LogP contribution is 2.34. The van der Waals surface area contributed by atoms with Crippen LogP contribution in [0.5, 0.6) is 0 Å². The third-order valence-electron chi connectivity index (χ3n) is 3.29. The molecule has 1 N–H and O–H groups in total. The van der Waals surface area contributed by atoms with Gasteiger partial charge in [-0.15, -0.1) is 0 Å². The Balaban J connectivity index is 2.68. The van der Waals surface area contributed by atoms with Gasteiger partial charge in [0.2, 0.25) is 0 Å². The Morgan fingerprint density at radius 1 is 0.857 bits per heavy atom. The van der Waals surface area contributed by atoms with Gasteiger partial charge < -0.3 is 5.11 Å². The first-order valence-electron chi connectivity index (χ1n) is 5.84. The number of rotatable bonds is 1. The summed E-state index contributed by atoms with van der Waals surface area (Å²) in [4.78, 5) is 11.1. The SMILES string of the molecule is O=C(O)c1c(F)c(F)c(F)c2c(F)c3ccccc3cc12. The van der Waals surface area contributed by atoms with Crippen LogP contribution in [-0.2, 0) is 0 Å². The summed E-state index contributed by atoms with van der Waals surface area (Å²) in [5, 5.41) is 7.85. The van der Waals surface area contributed by atoms with Gasteiger partial charge in [-0.3, -0.25) is 0 Å². The summed E-state index contributed by atoms with van der Waals surface area (Å²) < 4.78 is 55.3. The minimum atomic E-state index is -2.01. The number of fused-ring (bicyclic) bond motifs is 2. The van der Waals surface area contributed by atoms with E-state index in [2.05, 4.69) is 0 Å². The molecule has 0 saturated heterocycles. The summed E-state index contributed by atoms with van der Waals surface area (Å²) in [5.41, 5.74) is -1.09. The smallest absolute Gasteiger partial charge is 0.339 e. The second-order valence-corrected chi connectivity index (χ2v) is 4.46. The number of aromatic carboxylic acids is 1. The first kappa shape index (κ1) is 13.4. The van der Waals surface area contributed by atoms with Gasteiger partial charge in [-0.1, -0.05) is 24.3 Å². The van der Waals surface area contributed by atoms with E-state index in [4.69, 9.17) is 5.11 Å². The number of hydrogen-bond donors (Lipinski definition) is 1. The van der Waals surface area contributed by atoms with E-state index in [-0.39, 0.29) is 10.8 Å². The summed E-state index contributed by atoms with van der Waals surface area (Å²) in [7, 11) is 0. The van der Waals surface area contributed by atoms with Crippen molar-refractivity contribution in [3.63, 3.8) is 0 Å². The molecule has 0 aromatic heterocycles. The van der Waals surface area contributed by atoms with E-state index in [1.165, 1.54) is 18.2 Å². The maximum atomic E-state index is 14.4. The van der Waals surface area contributed by atoms with Crippen LogP contribution >= 0.6 is 0 Å². The largest absolute Gasteiger partial charge is 0.478 e. The van der Waals surface area contributed by atoms with Crippen LogP contribution in [0.25, 0.3) is 21.5 Å². The van der Waals surface area contributed by atoms with E-state index >= 15 is 0 Å². The van der Waals surface area contributed by atoms with Crippen LogP contribution in [0.1, 0.15) is 10.4 Å². The van der Waals surface area contributed by atoms with Crippen LogP contribution < -0.4 is 0 Å². The molecule has 0 heterocycles. The number of benzene rings is 3. The van der Waals surface area contributed by atoms with Crippen molar-refractivity contribution in [2.45, 2.75) is 0 Å². The highest BCUT2D eigenvalue weighted by Gasteiger charge is 2.27. The second kappa shape index (κ2) is 4.44. The lowest BCUT2D eigenvalue weighted by molar-refractivity contribution is 0.0693. The lowest BCUT2D eigenvalue weighted by Gasteiger charge is -2.10. The van der Waals surface area contributed by atoms with Crippen molar-refractivity contribution in [2.75, 3.05) is 0 Å². The standard InChI is InChI=1S/C15H6F4O2/c16-11-7-4-2-1-3-6(7)5-8-9(11)12(17)14(19)13(18)10(8)15(20)21/h1-5H,(H,20,21). The molecule has 0 spiro atoms. The first-order chi connectivity index (χ1) is 9.93. The summed E-state index contributed by atoms with van der Waals surface area (Å²) >= 11 is 0. The number of halogens is 4. The van der Waals surface area contributed by atoms with Crippen molar-refractivity contribution in [3.8, 4) is 0 Å². The van der Waals surface area contributed by atoms with Gasteiger partial charge in [0.25, 0.3) is 0 Å². The molecular weight excluding hydrogens is 288 g/mol. The predicted octanol–water partition coefficient (Wildman–Crippen LogP) is 4.25. The Morgan fingerprint density at radius 2 is 1.52 bits per heavy atom. The second-order valence-electron chi connectivity index (χ2n) is 4.46. The Morgan fingerprint density at radius 3 is 2.19 bits per heavy atom.